The minimum Gasteiger partial charge on any atom is -0.490 e. The van der Waals surface area contributed by atoms with Crippen LogP contribution in [-0.2, 0) is 16.0 Å². The highest BCUT2D eigenvalue weighted by Gasteiger charge is 2.45. The van der Waals surface area contributed by atoms with Crippen LogP contribution in [0.2, 0.25) is 0 Å². The van der Waals surface area contributed by atoms with Crippen LogP contribution in [0.5, 0.6) is 5.75 Å². The van der Waals surface area contributed by atoms with E-state index in [1.165, 1.54) is 12.7 Å². The molecule has 1 aliphatic carbocycles. The SMILES string of the molecule is C=C(c1ccc2c(c1)CC(C)O2)C1CC1C(=O)OC. The van der Waals surface area contributed by atoms with Crippen LogP contribution in [0.1, 0.15) is 24.5 Å². The van der Waals surface area contributed by atoms with Crippen molar-refractivity contribution in [3.05, 3.63) is 35.9 Å². The minimum atomic E-state index is -0.121. The van der Waals surface area contributed by atoms with E-state index in [1.807, 2.05) is 12.1 Å². The molecule has 1 aromatic rings. The number of allylic oxidation sites excluding steroid dienone is 1. The van der Waals surface area contributed by atoms with Crippen LogP contribution in [0.15, 0.2) is 24.8 Å². The molecule has 1 fully saturated rings. The molecule has 100 valence electrons. The van der Waals surface area contributed by atoms with Gasteiger partial charge in [0.05, 0.1) is 13.0 Å². The van der Waals surface area contributed by atoms with E-state index < -0.39 is 0 Å². The summed E-state index contributed by atoms with van der Waals surface area (Å²) in [5.74, 6) is 1.10. The Hall–Kier alpha value is -1.77. The Morgan fingerprint density at radius 2 is 2.21 bits per heavy atom. The van der Waals surface area contributed by atoms with E-state index in [-0.39, 0.29) is 23.9 Å². The Balaban J connectivity index is 1.76. The fourth-order valence-corrected chi connectivity index (χ4v) is 2.83. The molecule has 0 spiro atoms. The van der Waals surface area contributed by atoms with Crippen molar-refractivity contribution in [2.45, 2.75) is 25.9 Å². The molecule has 1 heterocycles. The van der Waals surface area contributed by atoms with E-state index in [0.29, 0.717) is 0 Å². The third-order valence-corrected chi connectivity index (χ3v) is 4.01. The van der Waals surface area contributed by atoms with E-state index >= 15 is 0 Å². The van der Waals surface area contributed by atoms with Gasteiger partial charge in [-0.1, -0.05) is 12.6 Å². The summed E-state index contributed by atoms with van der Waals surface area (Å²) in [5, 5.41) is 0. The molecule has 19 heavy (non-hydrogen) atoms. The summed E-state index contributed by atoms with van der Waals surface area (Å²) < 4.78 is 10.5. The Morgan fingerprint density at radius 3 is 2.95 bits per heavy atom. The molecule has 2 aliphatic rings. The number of carbonyl (C=O) groups is 1. The lowest BCUT2D eigenvalue weighted by Gasteiger charge is -2.07. The molecule has 3 rings (SSSR count). The maximum atomic E-state index is 11.5. The summed E-state index contributed by atoms with van der Waals surface area (Å²) in [7, 11) is 1.44. The van der Waals surface area contributed by atoms with Gasteiger partial charge in [-0.15, -0.1) is 0 Å². The molecular formula is C16H18O3. The predicted octanol–water partition coefficient (Wildman–Crippen LogP) is 2.83. The van der Waals surface area contributed by atoms with Gasteiger partial charge in [0.15, 0.2) is 0 Å². The maximum Gasteiger partial charge on any atom is 0.309 e. The van der Waals surface area contributed by atoms with Crippen molar-refractivity contribution >= 4 is 11.5 Å². The quantitative estimate of drug-likeness (QED) is 0.782. The Kier molecular flexibility index (Phi) is 2.85. The van der Waals surface area contributed by atoms with E-state index in [0.717, 1.165) is 29.7 Å². The number of benzene rings is 1. The van der Waals surface area contributed by atoms with Crippen molar-refractivity contribution in [1.82, 2.24) is 0 Å². The topological polar surface area (TPSA) is 35.5 Å². The number of rotatable bonds is 3. The van der Waals surface area contributed by atoms with Gasteiger partial charge in [0.2, 0.25) is 0 Å². The van der Waals surface area contributed by atoms with Crippen molar-refractivity contribution in [1.29, 1.82) is 0 Å². The van der Waals surface area contributed by atoms with E-state index in [1.54, 1.807) is 0 Å². The van der Waals surface area contributed by atoms with Crippen molar-refractivity contribution < 1.29 is 14.3 Å². The normalized spacial score (nSPS) is 27.4. The lowest BCUT2D eigenvalue weighted by atomic mass is 9.98. The van der Waals surface area contributed by atoms with Crippen LogP contribution in [0.25, 0.3) is 5.57 Å². The summed E-state index contributed by atoms with van der Waals surface area (Å²) in [6, 6.07) is 6.19. The van der Waals surface area contributed by atoms with Crippen LogP contribution in [-0.4, -0.2) is 19.2 Å². The van der Waals surface area contributed by atoms with E-state index in [2.05, 4.69) is 19.6 Å². The van der Waals surface area contributed by atoms with Crippen molar-refractivity contribution in [3.63, 3.8) is 0 Å². The number of ether oxygens (including phenoxy) is 2. The molecule has 3 atom stereocenters. The average molecular weight is 258 g/mol. The summed E-state index contributed by atoms with van der Waals surface area (Å²) >= 11 is 0. The highest BCUT2D eigenvalue weighted by molar-refractivity contribution is 5.82. The zero-order valence-corrected chi connectivity index (χ0v) is 11.3. The van der Waals surface area contributed by atoms with Crippen LogP contribution >= 0.6 is 0 Å². The van der Waals surface area contributed by atoms with Gasteiger partial charge in [-0.05, 0) is 48.1 Å². The summed E-state index contributed by atoms with van der Waals surface area (Å²) in [6.07, 6.45) is 2.05. The number of carbonyl (C=O) groups excluding carboxylic acids is 1. The van der Waals surface area contributed by atoms with Gasteiger partial charge in [0.25, 0.3) is 0 Å². The fraction of sp³-hybridized carbons (Fsp3) is 0.438. The zero-order chi connectivity index (χ0) is 13.6. The van der Waals surface area contributed by atoms with Gasteiger partial charge in [0, 0.05) is 6.42 Å². The monoisotopic (exact) mass is 258 g/mol. The van der Waals surface area contributed by atoms with Crippen molar-refractivity contribution in [2.75, 3.05) is 7.11 Å². The molecule has 0 aromatic heterocycles. The molecule has 3 unspecified atom stereocenters. The smallest absolute Gasteiger partial charge is 0.309 e. The Bertz CT molecular complexity index is 547. The second-order valence-electron chi connectivity index (χ2n) is 5.45. The molecule has 1 aliphatic heterocycles. The van der Waals surface area contributed by atoms with Gasteiger partial charge in [-0.2, -0.15) is 0 Å². The molecule has 1 aromatic carbocycles. The first-order chi connectivity index (χ1) is 9.10. The number of fused-ring (bicyclic) bond motifs is 1. The summed E-state index contributed by atoms with van der Waals surface area (Å²) in [6.45, 7) is 6.22. The fourth-order valence-electron chi connectivity index (χ4n) is 2.83. The first-order valence-corrected chi connectivity index (χ1v) is 6.66. The van der Waals surface area contributed by atoms with Gasteiger partial charge < -0.3 is 9.47 Å². The Morgan fingerprint density at radius 1 is 1.42 bits per heavy atom. The van der Waals surface area contributed by atoms with Gasteiger partial charge in [-0.3, -0.25) is 4.79 Å². The summed E-state index contributed by atoms with van der Waals surface area (Å²) in [4.78, 5) is 11.5. The first-order valence-electron chi connectivity index (χ1n) is 6.66. The molecule has 3 heteroatoms. The highest BCUT2D eigenvalue weighted by Crippen LogP contribution is 2.48. The molecule has 0 amide bonds. The van der Waals surface area contributed by atoms with Crippen molar-refractivity contribution in [3.8, 4) is 5.75 Å². The molecule has 0 N–H and O–H groups in total. The first kappa shape index (κ1) is 12.3. The Labute approximate surface area is 113 Å². The zero-order valence-electron chi connectivity index (χ0n) is 11.3. The molecular weight excluding hydrogens is 240 g/mol. The second kappa shape index (κ2) is 4.41. The molecule has 0 saturated heterocycles. The third kappa shape index (κ3) is 2.14. The molecule has 1 saturated carbocycles. The molecule has 0 bridgehead atoms. The van der Waals surface area contributed by atoms with E-state index in [4.69, 9.17) is 9.47 Å². The van der Waals surface area contributed by atoms with Crippen LogP contribution in [0, 0.1) is 11.8 Å². The highest BCUT2D eigenvalue weighted by atomic mass is 16.5. The van der Waals surface area contributed by atoms with Gasteiger partial charge >= 0.3 is 5.97 Å². The number of esters is 1. The number of hydrogen-bond acceptors (Lipinski definition) is 3. The van der Waals surface area contributed by atoms with Crippen LogP contribution in [0.4, 0.5) is 0 Å². The standard InChI is InChI=1S/C16H18O3/c1-9-6-12-7-11(4-5-15(12)19-9)10(2)13-8-14(13)16(17)18-3/h4-5,7,9,13-14H,2,6,8H2,1,3H3. The predicted molar refractivity (Wildman–Crippen MR) is 72.9 cm³/mol. The lowest BCUT2D eigenvalue weighted by molar-refractivity contribution is -0.142. The maximum absolute atomic E-state index is 11.5. The molecule has 3 nitrogen and oxygen atoms in total. The summed E-state index contributed by atoms with van der Waals surface area (Å²) in [5.41, 5.74) is 3.40. The van der Waals surface area contributed by atoms with Crippen molar-refractivity contribution in [2.24, 2.45) is 11.8 Å². The van der Waals surface area contributed by atoms with Gasteiger partial charge in [0.1, 0.15) is 11.9 Å². The molecule has 0 radical (unpaired) electrons. The van der Waals surface area contributed by atoms with Crippen LogP contribution in [0.3, 0.4) is 0 Å². The van der Waals surface area contributed by atoms with Crippen LogP contribution < -0.4 is 4.74 Å². The number of hydrogen-bond donors (Lipinski definition) is 0. The number of methoxy groups -OCH3 is 1. The largest absolute Gasteiger partial charge is 0.490 e. The van der Waals surface area contributed by atoms with E-state index in [9.17, 15) is 4.79 Å². The second-order valence-corrected chi connectivity index (χ2v) is 5.45. The minimum absolute atomic E-state index is 0.000859. The van der Waals surface area contributed by atoms with Gasteiger partial charge in [-0.25, -0.2) is 0 Å². The lowest BCUT2D eigenvalue weighted by Crippen LogP contribution is -2.05. The third-order valence-electron chi connectivity index (χ3n) is 4.01. The average Bonchev–Trinajstić information content (AvgIpc) is 3.11.